The normalized spacial score (nSPS) is 13.1. The Balaban J connectivity index is 2.19. The highest BCUT2D eigenvalue weighted by Crippen LogP contribution is 2.22. The van der Waals surface area contributed by atoms with Crippen LogP contribution in [0, 0.1) is 13.8 Å². The lowest BCUT2D eigenvalue weighted by Crippen LogP contribution is -2.49. The molecule has 0 bridgehead atoms. The van der Waals surface area contributed by atoms with Crippen molar-refractivity contribution >= 4 is 43.5 Å². The molecule has 0 fully saturated rings. The molecule has 0 heterocycles. The number of anilines is 1. The van der Waals surface area contributed by atoms with Gasteiger partial charge in [-0.15, -0.1) is 0 Å². The van der Waals surface area contributed by atoms with Crippen LogP contribution in [0.5, 0.6) is 0 Å². The molecule has 0 saturated heterocycles. The zero-order valence-electron chi connectivity index (χ0n) is 22.0. The summed E-state index contributed by atoms with van der Waals surface area (Å²) in [7, 11) is -3.53. The minimum Gasteiger partial charge on any atom is -0.352 e. The molecule has 0 aromatic heterocycles. The maximum atomic E-state index is 13.4. The SMILES string of the molecule is CC[C@H](C)NC(=O)[C@H](C)N(Cc1cccc(Br)c1)C(=O)CCCN(c1ccc(C)c(C)c1)S(C)(=O)=O. The summed E-state index contributed by atoms with van der Waals surface area (Å²) in [5, 5.41) is 2.96. The molecule has 0 aliphatic heterocycles. The van der Waals surface area contributed by atoms with Crippen molar-refractivity contribution in [1.82, 2.24) is 10.2 Å². The van der Waals surface area contributed by atoms with Gasteiger partial charge in [-0.1, -0.05) is 41.1 Å². The Morgan fingerprint density at radius 2 is 1.75 bits per heavy atom. The van der Waals surface area contributed by atoms with Crippen molar-refractivity contribution in [3.05, 3.63) is 63.6 Å². The average Bonchev–Trinajstić information content (AvgIpc) is 2.80. The van der Waals surface area contributed by atoms with Crippen LogP contribution in [0.2, 0.25) is 0 Å². The zero-order chi connectivity index (χ0) is 27.0. The van der Waals surface area contributed by atoms with Crippen LogP contribution in [0.4, 0.5) is 5.69 Å². The van der Waals surface area contributed by atoms with E-state index in [-0.39, 0.29) is 37.4 Å². The smallest absolute Gasteiger partial charge is 0.242 e. The van der Waals surface area contributed by atoms with Crippen molar-refractivity contribution in [1.29, 1.82) is 0 Å². The van der Waals surface area contributed by atoms with E-state index in [1.807, 2.05) is 64.1 Å². The van der Waals surface area contributed by atoms with Gasteiger partial charge in [0.1, 0.15) is 6.04 Å². The molecule has 7 nitrogen and oxygen atoms in total. The summed E-state index contributed by atoms with van der Waals surface area (Å²) in [6.45, 7) is 10.0. The van der Waals surface area contributed by atoms with Crippen LogP contribution in [0.3, 0.4) is 0 Å². The molecule has 2 aromatic rings. The molecule has 2 aromatic carbocycles. The second kappa shape index (κ2) is 13.2. The van der Waals surface area contributed by atoms with Crippen molar-refractivity contribution in [2.45, 2.75) is 72.5 Å². The van der Waals surface area contributed by atoms with E-state index < -0.39 is 16.1 Å². The van der Waals surface area contributed by atoms with Crippen molar-refractivity contribution in [3.63, 3.8) is 0 Å². The van der Waals surface area contributed by atoms with Gasteiger partial charge in [-0.25, -0.2) is 8.42 Å². The first-order valence-corrected chi connectivity index (χ1v) is 14.9. The largest absolute Gasteiger partial charge is 0.352 e. The Hall–Kier alpha value is -2.39. The number of rotatable bonds is 12. The number of aryl methyl sites for hydroxylation is 2. The maximum Gasteiger partial charge on any atom is 0.242 e. The van der Waals surface area contributed by atoms with Gasteiger partial charge < -0.3 is 10.2 Å². The van der Waals surface area contributed by atoms with Crippen LogP contribution in [0.15, 0.2) is 46.9 Å². The summed E-state index contributed by atoms with van der Waals surface area (Å²) in [6, 6.07) is 12.5. The molecule has 2 amide bonds. The van der Waals surface area contributed by atoms with Crippen molar-refractivity contribution in [2.24, 2.45) is 0 Å². The Morgan fingerprint density at radius 3 is 2.33 bits per heavy atom. The monoisotopic (exact) mass is 579 g/mol. The number of carbonyl (C=O) groups is 2. The van der Waals surface area contributed by atoms with Gasteiger partial charge in [-0.3, -0.25) is 13.9 Å². The van der Waals surface area contributed by atoms with Gasteiger partial charge >= 0.3 is 0 Å². The first-order valence-electron chi connectivity index (χ1n) is 12.2. The quantitative estimate of drug-likeness (QED) is 0.385. The van der Waals surface area contributed by atoms with Crippen molar-refractivity contribution in [3.8, 4) is 0 Å². The highest BCUT2D eigenvalue weighted by molar-refractivity contribution is 9.10. The van der Waals surface area contributed by atoms with Crippen LogP contribution in [-0.2, 0) is 26.2 Å². The maximum absolute atomic E-state index is 13.4. The summed E-state index contributed by atoms with van der Waals surface area (Å²) in [5.74, 6) is -0.407. The number of halogens is 1. The molecule has 0 spiro atoms. The Bertz CT molecular complexity index is 1170. The van der Waals surface area contributed by atoms with Crippen LogP contribution < -0.4 is 9.62 Å². The van der Waals surface area contributed by atoms with E-state index in [1.165, 1.54) is 10.6 Å². The number of hydrogen-bond acceptors (Lipinski definition) is 4. The second-order valence-electron chi connectivity index (χ2n) is 9.35. The van der Waals surface area contributed by atoms with Gasteiger partial charge in [0.25, 0.3) is 0 Å². The number of benzene rings is 2. The van der Waals surface area contributed by atoms with Gasteiger partial charge in [0, 0.05) is 30.0 Å². The Kier molecular flexibility index (Phi) is 11.0. The minimum atomic E-state index is -3.53. The predicted molar refractivity (Wildman–Crippen MR) is 149 cm³/mol. The number of carbonyl (C=O) groups excluding carboxylic acids is 2. The fourth-order valence-corrected chi connectivity index (χ4v) is 5.17. The van der Waals surface area contributed by atoms with Gasteiger partial charge in [0.2, 0.25) is 21.8 Å². The highest BCUT2D eigenvalue weighted by Gasteiger charge is 2.27. The first kappa shape index (κ1) is 29.8. The van der Waals surface area contributed by atoms with Gasteiger partial charge in [0.05, 0.1) is 11.9 Å². The van der Waals surface area contributed by atoms with Crippen LogP contribution in [0.25, 0.3) is 0 Å². The molecule has 2 atom stereocenters. The second-order valence-corrected chi connectivity index (χ2v) is 12.2. The van der Waals surface area contributed by atoms with E-state index in [0.29, 0.717) is 12.1 Å². The van der Waals surface area contributed by atoms with Crippen LogP contribution >= 0.6 is 15.9 Å². The molecule has 2 rings (SSSR count). The molecule has 0 unspecified atom stereocenters. The number of nitrogens with zero attached hydrogens (tertiary/aromatic N) is 2. The van der Waals surface area contributed by atoms with E-state index in [9.17, 15) is 18.0 Å². The van der Waals surface area contributed by atoms with Gasteiger partial charge in [-0.2, -0.15) is 0 Å². The predicted octanol–water partition coefficient (Wildman–Crippen LogP) is 4.94. The lowest BCUT2D eigenvalue weighted by Gasteiger charge is -2.30. The van der Waals surface area contributed by atoms with Crippen molar-refractivity contribution < 1.29 is 18.0 Å². The summed E-state index contributed by atoms with van der Waals surface area (Å²) >= 11 is 3.46. The number of sulfonamides is 1. The van der Waals surface area contributed by atoms with Gasteiger partial charge in [-0.05, 0) is 81.5 Å². The number of hydrogen-bond donors (Lipinski definition) is 1. The lowest BCUT2D eigenvalue weighted by atomic mass is 10.1. The zero-order valence-corrected chi connectivity index (χ0v) is 24.4. The van der Waals surface area contributed by atoms with E-state index in [4.69, 9.17) is 0 Å². The molecule has 198 valence electrons. The molecular formula is C27H38BrN3O4S. The summed E-state index contributed by atoms with van der Waals surface area (Å²) in [5.41, 5.74) is 3.56. The van der Waals surface area contributed by atoms with E-state index in [0.717, 1.165) is 27.6 Å². The molecular weight excluding hydrogens is 542 g/mol. The van der Waals surface area contributed by atoms with Gasteiger partial charge in [0.15, 0.2) is 0 Å². The van der Waals surface area contributed by atoms with E-state index in [2.05, 4.69) is 21.2 Å². The molecule has 0 saturated carbocycles. The number of amides is 2. The molecule has 0 aliphatic carbocycles. The summed E-state index contributed by atoms with van der Waals surface area (Å²) in [6.07, 6.45) is 2.40. The average molecular weight is 581 g/mol. The molecule has 1 N–H and O–H groups in total. The van der Waals surface area contributed by atoms with Crippen LogP contribution in [-0.4, -0.2) is 50.0 Å². The Labute approximate surface area is 224 Å². The lowest BCUT2D eigenvalue weighted by molar-refractivity contribution is -0.140. The minimum absolute atomic E-state index is 0.00376. The number of nitrogens with one attached hydrogen (secondary N) is 1. The third-order valence-corrected chi connectivity index (χ3v) is 8.03. The third-order valence-electron chi connectivity index (χ3n) is 6.34. The summed E-state index contributed by atoms with van der Waals surface area (Å²) in [4.78, 5) is 27.8. The Morgan fingerprint density at radius 1 is 1.06 bits per heavy atom. The topological polar surface area (TPSA) is 86.8 Å². The van der Waals surface area contributed by atoms with Crippen LogP contribution in [0.1, 0.15) is 56.7 Å². The fourth-order valence-electron chi connectivity index (χ4n) is 3.76. The van der Waals surface area contributed by atoms with E-state index in [1.54, 1.807) is 17.9 Å². The molecule has 9 heteroatoms. The highest BCUT2D eigenvalue weighted by atomic mass is 79.9. The van der Waals surface area contributed by atoms with Crippen molar-refractivity contribution in [2.75, 3.05) is 17.1 Å². The van der Waals surface area contributed by atoms with E-state index >= 15 is 0 Å². The molecule has 0 aliphatic rings. The first-order chi connectivity index (χ1) is 16.8. The molecule has 0 radical (unpaired) electrons. The standard InChI is InChI=1S/C27H38BrN3O4S/c1-7-21(4)29-27(33)22(5)30(18-23-10-8-11-24(28)17-23)26(32)12-9-15-31(36(6,34)35)25-14-13-19(2)20(3)16-25/h8,10-11,13-14,16-17,21-22H,7,9,12,15,18H2,1-6H3,(H,29,33)/t21-,22-/m0/s1. The molecule has 36 heavy (non-hydrogen) atoms. The summed E-state index contributed by atoms with van der Waals surface area (Å²) < 4.78 is 27.3. The third kappa shape index (κ3) is 8.62. The fraction of sp³-hybridized carbons (Fsp3) is 0.481.